The highest BCUT2D eigenvalue weighted by Gasteiger charge is 2.08. The van der Waals surface area contributed by atoms with Crippen LogP contribution in [0.15, 0.2) is 14.9 Å². The van der Waals surface area contributed by atoms with Crippen molar-refractivity contribution in [3.63, 3.8) is 0 Å². The number of nitrogens with zero attached hydrogens (tertiary/aromatic N) is 2. The topological polar surface area (TPSA) is 36.1 Å². The van der Waals surface area contributed by atoms with Crippen LogP contribution in [0.3, 0.4) is 0 Å². The molecule has 0 aromatic carbocycles. The van der Waals surface area contributed by atoms with Crippen LogP contribution < -0.4 is 0 Å². The maximum atomic E-state index is 8.20. The van der Waals surface area contributed by atoms with E-state index in [2.05, 4.69) is 4.74 Å². The van der Waals surface area contributed by atoms with Crippen molar-refractivity contribution in [1.82, 2.24) is 0 Å². The van der Waals surface area contributed by atoms with E-state index in [4.69, 9.17) is 62.2 Å². The molecule has 0 bridgehead atoms. The number of hydrogen-bond donors (Lipinski definition) is 0. The van der Waals surface area contributed by atoms with E-state index >= 15 is 0 Å². The second-order valence-corrected chi connectivity index (χ2v) is 8.97. The van der Waals surface area contributed by atoms with E-state index in [1.165, 1.54) is 0 Å². The molecule has 0 rings (SSSR count). The standard InChI is InChI=1S/C3Cl5N2P/c4-2(1-9)3(5)10-11(6,7)8. The van der Waals surface area contributed by atoms with E-state index in [9.17, 15) is 0 Å². The largest absolute Gasteiger partial charge is 0.230 e. The minimum atomic E-state index is -2.92. The Morgan fingerprint density at radius 3 is 2.00 bits per heavy atom. The Labute approximate surface area is 88.1 Å². The van der Waals surface area contributed by atoms with Gasteiger partial charge in [0.2, 0.25) is 5.11 Å². The van der Waals surface area contributed by atoms with Crippen LogP contribution in [0.25, 0.3) is 0 Å². The Bertz CT molecular complexity index is 262. The third kappa shape index (κ3) is 6.11. The van der Waals surface area contributed by atoms with Crippen molar-refractivity contribution in [2.75, 3.05) is 0 Å². The fourth-order valence-corrected chi connectivity index (χ4v) is 2.00. The van der Waals surface area contributed by atoms with Gasteiger partial charge >= 0.3 is 0 Å². The monoisotopic (exact) mass is 270 g/mol. The lowest BCUT2D eigenvalue weighted by Gasteiger charge is -1.95. The van der Waals surface area contributed by atoms with Gasteiger partial charge in [0.15, 0.2) is 10.2 Å². The zero-order valence-electron chi connectivity index (χ0n) is 4.73. The molecule has 0 aliphatic heterocycles. The second-order valence-electron chi connectivity index (χ2n) is 1.24. The summed E-state index contributed by atoms with van der Waals surface area (Å²) in [6, 6.07) is 1.55. The SMILES string of the molecule is N#CC(Cl)=C(Cl)N=P(Cl)(Cl)Cl. The van der Waals surface area contributed by atoms with E-state index < -0.39 is 5.11 Å². The summed E-state index contributed by atoms with van der Waals surface area (Å²) in [7, 11) is 0. The van der Waals surface area contributed by atoms with Crippen LogP contribution in [0.5, 0.6) is 0 Å². The third-order valence-electron chi connectivity index (χ3n) is 0.480. The van der Waals surface area contributed by atoms with Gasteiger partial charge in [-0.15, -0.1) is 0 Å². The van der Waals surface area contributed by atoms with Crippen LogP contribution in [0.4, 0.5) is 0 Å². The Kier molecular flexibility index (Phi) is 5.22. The molecule has 0 amide bonds. The fourth-order valence-electron chi connectivity index (χ4n) is 0.190. The predicted molar refractivity (Wildman–Crippen MR) is 51.3 cm³/mol. The molecular weight excluding hydrogens is 272 g/mol. The first-order chi connectivity index (χ1) is 4.87. The summed E-state index contributed by atoms with van der Waals surface area (Å²) < 4.78 is 3.38. The molecule has 0 saturated heterocycles. The van der Waals surface area contributed by atoms with Crippen molar-refractivity contribution in [2.45, 2.75) is 0 Å². The molecular formula is C3Cl5N2P. The molecule has 0 radical (unpaired) electrons. The predicted octanol–water partition coefficient (Wildman–Crippen LogP) is 4.82. The van der Waals surface area contributed by atoms with Crippen molar-refractivity contribution in [3.8, 4) is 6.07 Å². The first-order valence-electron chi connectivity index (χ1n) is 2.03. The molecule has 0 fully saturated rings. The first kappa shape index (κ1) is 11.9. The minimum Gasteiger partial charge on any atom is -0.208 e. The molecule has 0 spiro atoms. The van der Waals surface area contributed by atoms with Crippen molar-refractivity contribution in [3.05, 3.63) is 10.2 Å². The zero-order chi connectivity index (χ0) is 9.07. The molecule has 0 heterocycles. The van der Waals surface area contributed by atoms with Gasteiger partial charge in [0, 0.05) is 0 Å². The summed E-state index contributed by atoms with van der Waals surface area (Å²) in [5.41, 5.74) is 0. The average Bonchev–Trinajstić information content (AvgIpc) is 1.82. The van der Waals surface area contributed by atoms with Crippen LogP contribution in [0, 0.1) is 11.3 Å². The van der Waals surface area contributed by atoms with Gasteiger partial charge < -0.3 is 0 Å². The lowest BCUT2D eigenvalue weighted by atomic mass is 10.7. The van der Waals surface area contributed by atoms with Gasteiger partial charge in [-0.05, 0) is 33.7 Å². The molecule has 0 saturated carbocycles. The van der Waals surface area contributed by atoms with Crippen molar-refractivity contribution < 1.29 is 0 Å². The maximum absolute atomic E-state index is 8.20. The van der Waals surface area contributed by atoms with Gasteiger partial charge in [-0.25, -0.2) is 4.74 Å². The highest BCUT2D eigenvalue weighted by atomic mass is 36.0. The lowest BCUT2D eigenvalue weighted by molar-refractivity contribution is 1.48. The van der Waals surface area contributed by atoms with E-state index in [1.54, 1.807) is 6.07 Å². The van der Waals surface area contributed by atoms with Gasteiger partial charge in [0.1, 0.15) is 6.07 Å². The number of allylic oxidation sites excluding steroid dienone is 1. The van der Waals surface area contributed by atoms with E-state index in [1.807, 2.05) is 0 Å². The average molecular weight is 272 g/mol. The minimum absolute atomic E-state index is 0.275. The quantitative estimate of drug-likeness (QED) is 0.383. The molecule has 0 atom stereocenters. The van der Waals surface area contributed by atoms with Crippen LogP contribution >= 0.6 is 62.0 Å². The van der Waals surface area contributed by atoms with Gasteiger partial charge in [-0.1, -0.05) is 23.2 Å². The molecule has 0 unspecified atom stereocenters. The summed E-state index contributed by atoms with van der Waals surface area (Å²) >= 11 is 26.6. The first-order valence-corrected chi connectivity index (χ1v) is 7.24. The van der Waals surface area contributed by atoms with E-state index in [-0.39, 0.29) is 10.2 Å². The summed E-state index contributed by atoms with van der Waals surface area (Å²) in [4.78, 5) is 0. The maximum Gasteiger partial charge on any atom is 0.230 e. The molecule has 0 aliphatic rings. The number of nitriles is 1. The highest BCUT2D eigenvalue weighted by molar-refractivity contribution is 8.26. The Morgan fingerprint density at radius 1 is 1.27 bits per heavy atom. The summed E-state index contributed by atoms with van der Waals surface area (Å²) in [5.74, 6) is 0. The molecule has 0 N–H and O–H groups in total. The van der Waals surface area contributed by atoms with Crippen LogP contribution in [-0.4, -0.2) is 0 Å². The molecule has 8 heteroatoms. The van der Waals surface area contributed by atoms with Crippen LogP contribution in [0.1, 0.15) is 0 Å². The van der Waals surface area contributed by atoms with Gasteiger partial charge in [-0.2, -0.15) is 5.26 Å². The number of hydrogen-bond acceptors (Lipinski definition) is 2. The Hall–Kier alpha value is 0.910. The fraction of sp³-hybridized carbons (Fsp3) is 0. The van der Waals surface area contributed by atoms with Gasteiger partial charge in [0.05, 0.1) is 0 Å². The van der Waals surface area contributed by atoms with Crippen molar-refractivity contribution in [1.29, 1.82) is 5.26 Å². The summed E-state index contributed by atoms with van der Waals surface area (Å²) in [6.07, 6.45) is 0. The molecule has 62 valence electrons. The Balaban J connectivity index is 4.85. The van der Waals surface area contributed by atoms with Crippen molar-refractivity contribution >= 4 is 62.0 Å². The molecule has 0 aliphatic carbocycles. The molecule has 0 aromatic heterocycles. The van der Waals surface area contributed by atoms with Crippen LogP contribution in [0.2, 0.25) is 0 Å². The zero-order valence-corrected chi connectivity index (χ0v) is 9.41. The number of halogens is 5. The number of rotatable bonds is 1. The highest BCUT2D eigenvalue weighted by Crippen LogP contribution is 2.66. The second kappa shape index (κ2) is 4.82. The summed E-state index contributed by atoms with van der Waals surface area (Å²) in [5, 5.41) is 4.71. The third-order valence-corrected chi connectivity index (χ3v) is 2.34. The normalized spacial score (nSPS) is 13.5. The lowest BCUT2D eigenvalue weighted by Crippen LogP contribution is -1.66. The smallest absolute Gasteiger partial charge is 0.208 e. The van der Waals surface area contributed by atoms with E-state index in [0.29, 0.717) is 0 Å². The Morgan fingerprint density at radius 2 is 1.73 bits per heavy atom. The van der Waals surface area contributed by atoms with E-state index in [0.717, 1.165) is 0 Å². The van der Waals surface area contributed by atoms with Crippen LogP contribution in [-0.2, 0) is 0 Å². The molecule has 2 nitrogen and oxygen atoms in total. The van der Waals surface area contributed by atoms with Gasteiger partial charge in [0.25, 0.3) is 0 Å². The summed E-state index contributed by atoms with van der Waals surface area (Å²) in [6.45, 7) is 0. The molecule has 0 aromatic rings. The molecule has 11 heavy (non-hydrogen) atoms. The van der Waals surface area contributed by atoms with Gasteiger partial charge in [-0.3, -0.25) is 0 Å². The van der Waals surface area contributed by atoms with Crippen molar-refractivity contribution in [2.24, 2.45) is 4.74 Å².